The van der Waals surface area contributed by atoms with E-state index in [-0.39, 0.29) is 17.0 Å². The monoisotopic (exact) mass is 565 g/mol. The molecular weight excluding hydrogens is 530 g/mol. The van der Waals surface area contributed by atoms with Gasteiger partial charge in [-0.15, -0.1) is 0 Å². The van der Waals surface area contributed by atoms with E-state index in [0.29, 0.717) is 60.6 Å². The number of rotatable bonds is 10. The van der Waals surface area contributed by atoms with Crippen LogP contribution >= 0.6 is 24.0 Å². The standard InChI is InChI=1S/C29H35N5O3S2/c1-4-12-33-26(32-16-14-31(15-17-32)22-10-7-6-8-11-22)23(21(3)24(20-30)27(33)35)19-25-28(36)34(29(38)39-25)13-9-18-37-5-2/h6-8,10-11,19H,4-5,9,12-18H2,1-3H3/b25-19-. The van der Waals surface area contributed by atoms with Gasteiger partial charge in [0.05, 0.1) is 4.91 Å². The first kappa shape index (κ1) is 28.9. The Balaban J connectivity index is 1.72. The highest BCUT2D eigenvalue weighted by Gasteiger charge is 2.33. The van der Waals surface area contributed by atoms with Gasteiger partial charge in [-0.2, -0.15) is 5.26 Å². The molecule has 0 unspecified atom stereocenters. The van der Waals surface area contributed by atoms with E-state index in [9.17, 15) is 14.9 Å². The van der Waals surface area contributed by atoms with Crippen LogP contribution < -0.4 is 15.4 Å². The number of para-hydroxylation sites is 1. The molecule has 0 radical (unpaired) electrons. The van der Waals surface area contributed by atoms with Crippen LogP contribution in [0.1, 0.15) is 43.4 Å². The molecule has 2 fully saturated rings. The maximum Gasteiger partial charge on any atom is 0.270 e. The van der Waals surface area contributed by atoms with Crippen LogP contribution in [0.4, 0.5) is 11.5 Å². The van der Waals surface area contributed by atoms with Gasteiger partial charge in [0.2, 0.25) is 0 Å². The zero-order valence-electron chi connectivity index (χ0n) is 22.8. The Kier molecular flexibility index (Phi) is 9.83. The number of thiocarbonyl (C=S) groups is 1. The molecule has 0 atom stereocenters. The molecule has 0 spiro atoms. The van der Waals surface area contributed by atoms with Crippen LogP contribution in [0.15, 0.2) is 40.0 Å². The molecule has 1 aromatic carbocycles. The number of carbonyl (C=O) groups excluding carboxylic acids is 1. The van der Waals surface area contributed by atoms with E-state index in [2.05, 4.69) is 28.0 Å². The molecule has 2 saturated heterocycles. The minimum atomic E-state index is -0.280. The summed E-state index contributed by atoms with van der Waals surface area (Å²) in [6, 6.07) is 12.4. The van der Waals surface area contributed by atoms with Gasteiger partial charge in [0.25, 0.3) is 11.5 Å². The highest BCUT2D eigenvalue weighted by molar-refractivity contribution is 8.26. The van der Waals surface area contributed by atoms with Crippen molar-refractivity contribution in [1.29, 1.82) is 5.26 Å². The predicted molar refractivity (Wildman–Crippen MR) is 162 cm³/mol. The van der Waals surface area contributed by atoms with Crippen LogP contribution in [0.2, 0.25) is 0 Å². The summed E-state index contributed by atoms with van der Waals surface area (Å²) in [5.74, 6) is 0.625. The molecule has 206 valence electrons. The van der Waals surface area contributed by atoms with E-state index in [1.54, 1.807) is 16.4 Å². The summed E-state index contributed by atoms with van der Waals surface area (Å²) in [6.07, 6.45) is 3.28. The van der Waals surface area contributed by atoms with Gasteiger partial charge in [-0.05, 0) is 50.5 Å². The molecule has 10 heteroatoms. The number of hydrogen-bond acceptors (Lipinski definition) is 8. The average Bonchev–Trinajstić information content (AvgIpc) is 3.22. The third kappa shape index (κ3) is 6.21. The summed E-state index contributed by atoms with van der Waals surface area (Å²) < 4.78 is 7.65. The normalized spacial score (nSPS) is 16.9. The number of hydrogen-bond donors (Lipinski definition) is 0. The maximum atomic E-state index is 13.5. The largest absolute Gasteiger partial charge is 0.382 e. The van der Waals surface area contributed by atoms with Crippen molar-refractivity contribution in [2.24, 2.45) is 0 Å². The van der Waals surface area contributed by atoms with Crippen molar-refractivity contribution >= 4 is 51.8 Å². The fourth-order valence-electron chi connectivity index (χ4n) is 5.02. The lowest BCUT2D eigenvalue weighted by molar-refractivity contribution is -0.122. The summed E-state index contributed by atoms with van der Waals surface area (Å²) in [5, 5.41) is 9.90. The molecule has 0 N–H and O–H groups in total. The van der Waals surface area contributed by atoms with E-state index >= 15 is 0 Å². The van der Waals surface area contributed by atoms with Crippen LogP contribution in [0, 0.1) is 18.3 Å². The number of nitrogens with zero attached hydrogens (tertiary/aromatic N) is 5. The molecule has 2 aliphatic heterocycles. The van der Waals surface area contributed by atoms with Crippen LogP contribution in [0.3, 0.4) is 0 Å². The van der Waals surface area contributed by atoms with Crippen molar-refractivity contribution in [2.75, 3.05) is 55.7 Å². The Labute approximate surface area is 239 Å². The highest BCUT2D eigenvalue weighted by Crippen LogP contribution is 2.36. The van der Waals surface area contributed by atoms with Gasteiger partial charge < -0.3 is 14.5 Å². The lowest BCUT2D eigenvalue weighted by Gasteiger charge is -2.39. The number of carbonyl (C=O) groups is 1. The molecular formula is C29H35N5O3S2. The zero-order chi connectivity index (χ0) is 27.9. The lowest BCUT2D eigenvalue weighted by Crippen LogP contribution is -2.48. The quantitative estimate of drug-likeness (QED) is 0.238. The van der Waals surface area contributed by atoms with Crippen molar-refractivity contribution in [3.63, 3.8) is 0 Å². The lowest BCUT2D eigenvalue weighted by atomic mass is 10.0. The van der Waals surface area contributed by atoms with Gasteiger partial charge in [-0.1, -0.05) is 49.1 Å². The molecule has 0 saturated carbocycles. The summed E-state index contributed by atoms with van der Waals surface area (Å²) in [6.45, 7) is 11.0. The summed E-state index contributed by atoms with van der Waals surface area (Å²) >= 11 is 6.81. The number of anilines is 2. The summed E-state index contributed by atoms with van der Waals surface area (Å²) in [5.41, 5.74) is 2.35. The maximum absolute atomic E-state index is 13.5. The number of piperazine rings is 1. The van der Waals surface area contributed by atoms with Gasteiger partial charge >= 0.3 is 0 Å². The smallest absolute Gasteiger partial charge is 0.270 e. The van der Waals surface area contributed by atoms with Crippen LogP contribution in [0.5, 0.6) is 0 Å². The Morgan fingerprint density at radius 3 is 2.41 bits per heavy atom. The number of aromatic nitrogens is 1. The second kappa shape index (κ2) is 13.3. The van der Waals surface area contributed by atoms with Crippen LogP contribution in [0.25, 0.3) is 6.08 Å². The molecule has 0 aliphatic carbocycles. The fraction of sp³-hybridized carbons (Fsp3) is 0.448. The van der Waals surface area contributed by atoms with E-state index in [0.717, 1.165) is 30.9 Å². The molecule has 3 heterocycles. The Bertz CT molecular complexity index is 1340. The van der Waals surface area contributed by atoms with Crippen molar-refractivity contribution in [3.8, 4) is 6.07 Å². The Morgan fingerprint density at radius 2 is 1.77 bits per heavy atom. The van der Waals surface area contributed by atoms with Crippen molar-refractivity contribution < 1.29 is 9.53 Å². The van der Waals surface area contributed by atoms with Gasteiger partial charge in [0, 0.05) is 63.7 Å². The summed E-state index contributed by atoms with van der Waals surface area (Å²) in [7, 11) is 0. The van der Waals surface area contributed by atoms with Crippen LogP contribution in [-0.4, -0.2) is 65.6 Å². The van der Waals surface area contributed by atoms with Crippen LogP contribution in [-0.2, 0) is 16.1 Å². The Hall–Kier alpha value is -3.13. The first-order chi connectivity index (χ1) is 18.9. The fourth-order valence-corrected chi connectivity index (χ4v) is 6.31. The number of ether oxygens (including phenoxy) is 1. The first-order valence-electron chi connectivity index (χ1n) is 13.5. The van der Waals surface area contributed by atoms with Gasteiger partial charge in [0.15, 0.2) is 0 Å². The minimum absolute atomic E-state index is 0.119. The molecule has 1 amide bonds. The van der Waals surface area contributed by atoms with E-state index < -0.39 is 0 Å². The van der Waals surface area contributed by atoms with Crippen molar-refractivity contribution in [2.45, 2.75) is 40.2 Å². The topological polar surface area (TPSA) is 81.8 Å². The summed E-state index contributed by atoms with van der Waals surface area (Å²) in [4.78, 5) is 33.5. The molecule has 2 aliphatic rings. The number of benzene rings is 1. The SMILES string of the molecule is CCCn1c(N2CCN(c3ccccc3)CC2)c(/C=C2\SC(=S)N(CCCOCC)C2=O)c(C)c(C#N)c1=O. The average molecular weight is 566 g/mol. The number of thioether (sulfide) groups is 1. The van der Waals surface area contributed by atoms with E-state index in [1.807, 2.05) is 38.1 Å². The number of nitriles is 1. The second-order valence-corrected chi connectivity index (χ2v) is 11.2. The number of amides is 1. The van der Waals surface area contributed by atoms with Crippen molar-refractivity contribution in [1.82, 2.24) is 9.47 Å². The molecule has 1 aromatic heterocycles. The molecule has 4 rings (SSSR count). The minimum Gasteiger partial charge on any atom is -0.382 e. The van der Waals surface area contributed by atoms with Crippen molar-refractivity contribution in [3.05, 3.63) is 62.3 Å². The third-order valence-electron chi connectivity index (χ3n) is 7.02. The third-order valence-corrected chi connectivity index (χ3v) is 8.40. The van der Waals surface area contributed by atoms with Gasteiger partial charge in [-0.25, -0.2) is 0 Å². The Morgan fingerprint density at radius 1 is 1.08 bits per heavy atom. The molecule has 0 bridgehead atoms. The number of pyridine rings is 1. The van der Waals surface area contributed by atoms with Gasteiger partial charge in [0.1, 0.15) is 21.8 Å². The zero-order valence-corrected chi connectivity index (χ0v) is 24.4. The first-order valence-corrected chi connectivity index (χ1v) is 14.7. The predicted octanol–water partition coefficient (Wildman–Crippen LogP) is 4.39. The molecule has 8 nitrogen and oxygen atoms in total. The molecule has 39 heavy (non-hydrogen) atoms. The van der Waals surface area contributed by atoms with E-state index in [1.165, 1.54) is 17.4 Å². The highest BCUT2D eigenvalue weighted by atomic mass is 32.2. The van der Waals surface area contributed by atoms with E-state index in [4.69, 9.17) is 17.0 Å². The van der Waals surface area contributed by atoms with Gasteiger partial charge in [-0.3, -0.25) is 19.1 Å². The second-order valence-electron chi connectivity index (χ2n) is 9.50. The molecule has 2 aromatic rings.